The van der Waals surface area contributed by atoms with Gasteiger partial charge in [-0.1, -0.05) is 12.1 Å². The maximum absolute atomic E-state index is 13.3. The number of rotatable bonds is 3. The van der Waals surface area contributed by atoms with E-state index in [0.717, 1.165) is 5.56 Å². The molecule has 2 aliphatic rings. The lowest BCUT2D eigenvalue weighted by Crippen LogP contribution is -2.47. The van der Waals surface area contributed by atoms with Gasteiger partial charge in [0.2, 0.25) is 17.4 Å². The van der Waals surface area contributed by atoms with Crippen molar-refractivity contribution in [3.05, 3.63) is 64.1 Å². The van der Waals surface area contributed by atoms with Crippen LogP contribution in [0.1, 0.15) is 47.5 Å². The first-order valence-electron chi connectivity index (χ1n) is 12.8. The number of benzene rings is 1. The van der Waals surface area contributed by atoms with E-state index in [1.807, 2.05) is 12.1 Å². The van der Waals surface area contributed by atoms with Gasteiger partial charge in [0.05, 0.1) is 31.2 Å². The van der Waals surface area contributed by atoms with Crippen molar-refractivity contribution < 1.29 is 32.3 Å². The van der Waals surface area contributed by atoms with Crippen molar-refractivity contribution >= 4 is 17.7 Å². The lowest BCUT2D eigenvalue weighted by atomic mass is 9.94. The van der Waals surface area contributed by atoms with Gasteiger partial charge in [0.25, 0.3) is 5.91 Å². The molecule has 39 heavy (non-hydrogen) atoms. The number of hydrogen-bond acceptors (Lipinski definition) is 5. The number of nitrogens with zero attached hydrogens (tertiary/aromatic N) is 3. The fraction of sp³-hybridized carbons (Fsp3) is 0.481. The number of nitrogens with one attached hydrogen (secondary N) is 1. The molecule has 2 atom stereocenters. The largest absolute Gasteiger partial charge is 0.494 e. The summed E-state index contributed by atoms with van der Waals surface area (Å²) in [6.07, 6.45) is -3.71. The van der Waals surface area contributed by atoms with Crippen LogP contribution >= 0.6 is 0 Å². The number of amides is 3. The highest BCUT2D eigenvalue weighted by Crippen LogP contribution is 2.31. The van der Waals surface area contributed by atoms with Crippen LogP contribution in [0.25, 0.3) is 0 Å². The molecule has 0 saturated carbocycles. The maximum atomic E-state index is 13.3. The Kier molecular flexibility index (Phi) is 8.61. The summed E-state index contributed by atoms with van der Waals surface area (Å²) in [6.45, 7) is 0.592. The predicted octanol–water partition coefficient (Wildman–Crippen LogP) is 2.45. The third-order valence-corrected chi connectivity index (χ3v) is 6.97. The van der Waals surface area contributed by atoms with Gasteiger partial charge in [-0.3, -0.25) is 19.2 Å². The van der Waals surface area contributed by atoms with Crippen molar-refractivity contribution in [2.75, 3.05) is 32.8 Å². The molecule has 0 spiro atoms. The molecule has 1 aromatic carbocycles. The van der Waals surface area contributed by atoms with Gasteiger partial charge in [0.15, 0.2) is 0 Å². The Labute approximate surface area is 223 Å². The third kappa shape index (κ3) is 7.39. The normalized spacial score (nSPS) is 20.5. The van der Waals surface area contributed by atoms with Crippen LogP contribution in [0.4, 0.5) is 13.2 Å². The molecular weight excluding hydrogens is 517 g/mol. The summed E-state index contributed by atoms with van der Waals surface area (Å²) in [5.74, 6) is -1.26. The number of ether oxygens (including phenoxy) is 1. The molecule has 1 N–H and O–H groups in total. The number of alkyl halides is 3. The van der Waals surface area contributed by atoms with Crippen molar-refractivity contribution in [3.63, 3.8) is 0 Å². The zero-order chi connectivity index (χ0) is 28.2. The van der Waals surface area contributed by atoms with Gasteiger partial charge in [-0.15, -0.1) is 0 Å². The third-order valence-electron chi connectivity index (χ3n) is 6.97. The molecule has 0 unspecified atom stereocenters. The van der Waals surface area contributed by atoms with Crippen molar-refractivity contribution in [3.8, 4) is 5.75 Å². The molecule has 0 radical (unpaired) electrons. The number of aromatic nitrogens is 1. The van der Waals surface area contributed by atoms with E-state index in [1.165, 1.54) is 39.7 Å². The summed E-state index contributed by atoms with van der Waals surface area (Å²) in [6, 6.07) is 9.39. The van der Waals surface area contributed by atoms with Crippen LogP contribution in [-0.4, -0.2) is 77.1 Å². The summed E-state index contributed by atoms with van der Waals surface area (Å²) in [5.41, 5.74) is 0.781. The second-order valence-corrected chi connectivity index (χ2v) is 9.92. The minimum Gasteiger partial charge on any atom is -0.494 e. The van der Waals surface area contributed by atoms with E-state index in [1.54, 1.807) is 12.1 Å². The van der Waals surface area contributed by atoms with Crippen LogP contribution in [0.2, 0.25) is 0 Å². The Morgan fingerprint density at radius 3 is 2.62 bits per heavy atom. The van der Waals surface area contributed by atoms with E-state index in [9.17, 15) is 32.3 Å². The van der Waals surface area contributed by atoms with Crippen LogP contribution in [0.5, 0.6) is 5.75 Å². The molecule has 2 bridgehead atoms. The zero-order valence-electron chi connectivity index (χ0n) is 21.6. The molecule has 2 aromatic rings. The van der Waals surface area contributed by atoms with E-state index >= 15 is 0 Å². The smallest absolute Gasteiger partial charge is 0.389 e. The molecule has 2 aliphatic heterocycles. The van der Waals surface area contributed by atoms with Gasteiger partial charge in [0.1, 0.15) is 5.75 Å². The average molecular weight is 549 g/mol. The van der Waals surface area contributed by atoms with E-state index in [0.29, 0.717) is 25.2 Å². The topological polar surface area (TPSA) is 101 Å². The highest BCUT2D eigenvalue weighted by Gasteiger charge is 2.39. The van der Waals surface area contributed by atoms with Gasteiger partial charge in [-0.05, 0) is 36.6 Å². The number of hydrogen-bond donors (Lipinski definition) is 1. The Bertz CT molecular complexity index is 1280. The minimum absolute atomic E-state index is 0.0485. The molecule has 12 heteroatoms. The fourth-order valence-corrected chi connectivity index (χ4v) is 4.91. The van der Waals surface area contributed by atoms with Crippen LogP contribution in [0.3, 0.4) is 0 Å². The molecule has 3 heterocycles. The summed E-state index contributed by atoms with van der Waals surface area (Å²) in [7, 11) is 1.53. The first-order chi connectivity index (χ1) is 18.5. The van der Waals surface area contributed by atoms with Gasteiger partial charge in [-0.25, -0.2) is 0 Å². The van der Waals surface area contributed by atoms with Gasteiger partial charge in [-0.2, -0.15) is 13.2 Å². The van der Waals surface area contributed by atoms with E-state index in [4.69, 9.17) is 4.74 Å². The van der Waals surface area contributed by atoms with E-state index in [-0.39, 0.29) is 43.2 Å². The molecule has 1 saturated heterocycles. The Morgan fingerprint density at radius 2 is 1.87 bits per heavy atom. The first kappa shape index (κ1) is 28.2. The molecule has 3 amide bonds. The van der Waals surface area contributed by atoms with Crippen LogP contribution in [0.15, 0.2) is 47.4 Å². The van der Waals surface area contributed by atoms with Crippen molar-refractivity contribution in [2.24, 2.45) is 7.05 Å². The number of pyridine rings is 1. The predicted molar refractivity (Wildman–Crippen MR) is 135 cm³/mol. The Balaban J connectivity index is 1.56. The van der Waals surface area contributed by atoms with E-state index < -0.39 is 42.8 Å². The second kappa shape index (κ2) is 11.9. The molecule has 4 rings (SSSR count). The van der Waals surface area contributed by atoms with Gasteiger partial charge >= 0.3 is 6.18 Å². The summed E-state index contributed by atoms with van der Waals surface area (Å²) in [4.78, 5) is 53.6. The average Bonchev–Trinajstić information content (AvgIpc) is 3.30. The maximum Gasteiger partial charge on any atom is 0.389 e. The minimum atomic E-state index is -4.44. The quantitative estimate of drug-likeness (QED) is 0.635. The monoisotopic (exact) mass is 548 g/mol. The lowest BCUT2D eigenvalue weighted by Gasteiger charge is -2.26. The molecule has 9 nitrogen and oxygen atoms in total. The number of fused-ring (bicyclic) bond motifs is 4. The molecule has 1 fully saturated rings. The fourth-order valence-electron chi connectivity index (χ4n) is 4.91. The molecular formula is C27H31F3N4O5. The number of carbonyl (C=O) groups is 3. The van der Waals surface area contributed by atoms with E-state index in [2.05, 4.69) is 5.32 Å². The SMILES string of the molecule is Cn1cc(C(=O)N2CCCCOc3cccc(c3)[C@H]3CN(C(=O)CCC(F)(F)F)C[C@@H]3NC(=O)C2)ccc1=O. The second-order valence-electron chi connectivity index (χ2n) is 9.92. The molecule has 0 aliphatic carbocycles. The van der Waals surface area contributed by atoms with Gasteiger partial charge in [0, 0.05) is 51.3 Å². The zero-order valence-corrected chi connectivity index (χ0v) is 21.6. The number of halogens is 3. The molecule has 210 valence electrons. The molecule has 1 aromatic heterocycles. The highest BCUT2D eigenvalue weighted by atomic mass is 19.4. The van der Waals surface area contributed by atoms with Gasteiger partial charge < -0.3 is 24.4 Å². The van der Waals surface area contributed by atoms with Crippen molar-refractivity contribution in [1.29, 1.82) is 0 Å². The van der Waals surface area contributed by atoms with Crippen LogP contribution < -0.4 is 15.6 Å². The Morgan fingerprint density at radius 1 is 1.08 bits per heavy atom. The lowest BCUT2D eigenvalue weighted by molar-refractivity contribution is -0.148. The van der Waals surface area contributed by atoms with Crippen LogP contribution in [-0.2, 0) is 16.6 Å². The first-order valence-corrected chi connectivity index (χ1v) is 12.8. The highest BCUT2D eigenvalue weighted by molar-refractivity contribution is 5.96. The summed E-state index contributed by atoms with van der Waals surface area (Å²) < 4.78 is 45.3. The summed E-state index contributed by atoms with van der Waals surface area (Å²) in [5, 5.41) is 2.91. The standard InChI is InChI=1S/C27H31F3N4O5/c1-32-14-19(7-8-24(32)36)26(38)33-11-2-3-12-39-20-6-4-5-18(13-20)21-15-34(16-22(21)31-23(35)17-33)25(37)9-10-27(28,29)30/h4-8,13-14,21-22H,2-3,9-12,15-17H2,1H3,(H,31,35)/t21-,22+/m1/s1. The number of carbonyl (C=O) groups excluding carboxylic acids is 3. The Hall–Kier alpha value is -3.83. The number of aryl methyl sites for hydroxylation is 1. The summed E-state index contributed by atoms with van der Waals surface area (Å²) >= 11 is 0. The van der Waals surface area contributed by atoms with Crippen molar-refractivity contribution in [1.82, 2.24) is 19.7 Å². The number of likely N-dealkylation sites (tertiary alicyclic amines) is 1. The van der Waals surface area contributed by atoms with Crippen LogP contribution in [0, 0.1) is 0 Å². The van der Waals surface area contributed by atoms with Crippen molar-refractivity contribution in [2.45, 2.75) is 43.8 Å².